The maximum atomic E-state index is 12.9. The van der Waals surface area contributed by atoms with Crippen LogP contribution in [0.1, 0.15) is 5.56 Å². The Hall–Kier alpha value is -2.98. The normalized spacial score (nSPS) is 19.4. The molecule has 1 aliphatic rings. The second-order valence-electron chi connectivity index (χ2n) is 7.20. The van der Waals surface area contributed by atoms with Crippen molar-refractivity contribution in [1.29, 1.82) is 0 Å². The molecule has 10 heteroatoms. The molecule has 0 unspecified atom stereocenters. The number of nitrogens with zero attached hydrogens (tertiary/aromatic N) is 4. The van der Waals surface area contributed by atoms with E-state index in [1.807, 2.05) is 4.90 Å². The van der Waals surface area contributed by atoms with Gasteiger partial charge in [-0.05, 0) is 24.3 Å². The molecule has 1 aromatic carbocycles. The number of aliphatic hydroxyl groups is 2. The smallest absolute Gasteiger partial charge is 0.396 e. The van der Waals surface area contributed by atoms with Crippen molar-refractivity contribution in [3.8, 4) is 22.8 Å². The van der Waals surface area contributed by atoms with Gasteiger partial charge in [0, 0.05) is 49.9 Å². The van der Waals surface area contributed by atoms with Gasteiger partial charge in [-0.25, -0.2) is 4.98 Å². The first-order valence-electron chi connectivity index (χ1n) is 9.33. The predicted molar refractivity (Wildman–Crippen MR) is 101 cm³/mol. The molecular weight excluding hydrogens is 401 g/mol. The van der Waals surface area contributed by atoms with Crippen LogP contribution in [-0.4, -0.2) is 51.6 Å². The third-order valence-electron chi connectivity index (χ3n) is 5.24. The largest absolute Gasteiger partial charge is 0.416 e. The van der Waals surface area contributed by atoms with E-state index in [0.717, 1.165) is 12.1 Å². The molecule has 0 aliphatic carbocycles. The van der Waals surface area contributed by atoms with E-state index in [1.165, 1.54) is 12.1 Å². The molecule has 1 aliphatic heterocycles. The zero-order valence-electron chi connectivity index (χ0n) is 15.8. The number of aliphatic hydroxyl groups excluding tert-OH is 2. The number of rotatable bonds is 5. The van der Waals surface area contributed by atoms with E-state index in [0.29, 0.717) is 24.5 Å². The highest BCUT2D eigenvalue weighted by Gasteiger charge is 2.33. The van der Waals surface area contributed by atoms with Crippen LogP contribution in [0.15, 0.2) is 47.1 Å². The summed E-state index contributed by atoms with van der Waals surface area (Å²) < 4.78 is 43.9. The van der Waals surface area contributed by atoms with Crippen LogP contribution in [0.25, 0.3) is 22.8 Å². The Labute approximate surface area is 169 Å². The lowest BCUT2D eigenvalue weighted by molar-refractivity contribution is -0.137. The van der Waals surface area contributed by atoms with Gasteiger partial charge in [-0.2, -0.15) is 18.2 Å². The van der Waals surface area contributed by atoms with Gasteiger partial charge in [-0.3, -0.25) is 0 Å². The van der Waals surface area contributed by atoms with Crippen molar-refractivity contribution in [3.63, 3.8) is 0 Å². The number of aromatic nitrogens is 3. The molecular formula is C20H19F3N4O3. The van der Waals surface area contributed by atoms with E-state index < -0.39 is 11.7 Å². The molecule has 1 saturated heterocycles. The Bertz CT molecular complexity index is 995. The monoisotopic (exact) mass is 420 g/mol. The number of alkyl halides is 3. The van der Waals surface area contributed by atoms with Crippen LogP contribution >= 0.6 is 0 Å². The molecule has 2 atom stereocenters. The van der Waals surface area contributed by atoms with Crippen LogP contribution in [0, 0.1) is 11.8 Å². The Morgan fingerprint density at radius 1 is 1.03 bits per heavy atom. The first kappa shape index (κ1) is 20.3. The molecule has 158 valence electrons. The van der Waals surface area contributed by atoms with E-state index in [-0.39, 0.29) is 42.3 Å². The molecule has 1 fully saturated rings. The van der Waals surface area contributed by atoms with Crippen LogP contribution < -0.4 is 4.90 Å². The Morgan fingerprint density at radius 2 is 1.77 bits per heavy atom. The van der Waals surface area contributed by atoms with Crippen molar-refractivity contribution in [2.24, 2.45) is 11.8 Å². The average Bonchev–Trinajstić information content (AvgIpc) is 3.40. The van der Waals surface area contributed by atoms with Crippen molar-refractivity contribution >= 4 is 5.82 Å². The van der Waals surface area contributed by atoms with Gasteiger partial charge in [0.1, 0.15) is 5.82 Å². The number of halogens is 3. The lowest BCUT2D eigenvalue weighted by atomic mass is 9.98. The maximum absolute atomic E-state index is 12.9. The summed E-state index contributed by atoms with van der Waals surface area (Å²) in [4.78, 5) is 10.6. The van der Waals surface area contributed by atoms with E-state index >= 15 is 0 Å². The van der Waals surface area contributed by atoms with Gasteiger partial charge in [-0.1, -0.05) is 17.3 Å². The molecule has 2 aromatic heterocycles. The molecule has 3 aromatic rings. The number of hydrogen-bond donors (Lipinski definition) is 2. The fourth-order valence-electron chi connectivity index (χ4n) is 3.53. The average molecular weight is 420 g/mol. The molecule has 0 radical (unpaired) electrons. The summed E-state index contributed by atoms with van der Waals surface area (Å²) in [6.07, 6.45) is -2.92. The predicted octanol–water partition coefficient (Wildman–Crippen LogP) is 2.85. The summed E-state index contributed by atoms with van der Waals surface area (Å²) in [6.45, 7) is 1.18. The highest BCUT2D eigenvalue weighted by atomic mass is 19.4. The molecule has 4 rings (SSSR count). The van der Waals surface area contributed by atoms with Crippen LogP contribution in [0.5, 0.6) is 0 Å². The second-order valence-corrected chi connectivity index (χ2v) is 7.20. The van der Waals surface area contributed by atoms with E-state index in [4.69, 9.17) is 4.52 Å². The molecule has 7 nitrogen and oxygen atoms in total. The molecule has 2 N–H and O–H groups in total. The summed E-state index contributed by atoms with van der Waals surface area (Å²) in [5, 5.41) is 22.7. The number of hydrogen-bond acceptors (Lipinski definition) is 7. The van der Waals surface area contributed by atoms with Gasteiger partial charge in [0.05, 0.1) is 11.1 Å². The summed E-state index contributed by atoms with van der Waals surface area (Å²) in [5.74, 6) is 0.858. The molecule has 0 spiro atoms. The van der Waals surface area contributed by atoms with Crippen molar-refractivity contribution in [1.82, 2.24) is 15.1 Å². The maximum Gasteiger partial charge on any atom is 0.416 e. The van der Waals surface area contributed by atoms with Gasteiger partial charge in [0.2, 0.25) is 5.82 Å². The summed E-state index contributed by atoms with van der Waals surface area (Å²) in [5.41, 5.74) is -0.0574. The van der Waals surface area contributed by atoms with Gasteiger partial charge in [0.25, 0.3) is 5.89 Å². The summed E-state index contributed by atoms with van der Waals surface area (Å²) in [7, 11) is 0. The van der Waals surface area contributed by atoms with Gasteiger partial charge < -0.3 is 19.6 Å². The quantitative estimate of drug-likeness (QED) is 0.655. The van der Waals surface area contributed by atoms with Crippen LogP contribution in [0.4, 0.5) is 19.0 Å². The number of pyridine rings is 1. The summed E-state index contributed by atoms with van der Waals surface area (Å²) in [6, 6.07) is 8.21. The minimum Gasteiger partial charge on any atom is -0.396 e. The number of anilines is 1. The molecule has 0 saturated carbocycles. The highest BCUT2D eigenvalue weighted by Crippen LogP contribution is 2.32. The van der Waals surface area contributed by atoms with Crippen molar-refractivity contribution in [2.75, 3.05) is 31.2 Å². The fraction of sp³-hybridized carbons (Fsp3) is 0.350. The SMILES string of the molecule is OC[C@@H]1CN(c2ccc(-c3nc(-c4cccc(C(F)(F)F)c4)no3)cn2)C[C@H]1CO. The van der Waals surface area contributed by atoms with Crippen molar-refractivity contribution < 1.29 is 27.9 Å². The first-order valence-corrected chi connectivity index (χ1v) is 9.33. The molecule has 3 heterocycles. The summed E-state index contributed by atoms with van der Waals surface area (Å²) >= 11 is 0. The minimum atomic E-state index is -4.46. The zero-order chi connectivity index (χ0) is 21.3. The Morgan fingerprint density at radius 3 is 2.37 bits per heavy atom. The highest BCUT2D eigenvalue weighted by molar-refractivity contribution is 5.61. The standard InChI is InChI=1S/C20H19F3N4O3/c21-20(22,23)16-3-1-2-12(6-16)18-25-19(30-26-18)13-4-5-17(24-7-13)27-8-14(10-28)15(9-27)11-29/h1-7,14-15,28-29H,8-11H2/t14-,15-/m0/s1. The molecule has 30 heavy (non-hydrogen) atoms. The van der Waals surface area contributed by atoms with Gasteiger partial charge in [-0.15, -0.1) is 0 Å². The van der Waals surface area contributed by atoms with Gasteiger partial charge in [0.15, 0.2) is 0 Å². The molecule has 0 bridgehead atoms. The zero-order valence-corrected chi connectivity index (χ0v) is 15.8. The van der Waals surface area contributed by atoms with Crippen molar-refractivity contribution in [3.05, 3.63) is 48.2 Å². The fourth-order valence-corrected chi connectivity index (χ4v) is 3.53. The van der Waals surface area contributed by atoms with E-state index in [9.17, 15) is 23.4 Å². The number of benzene rings is 1. The topological polar surface area (TPSA) is 95.5 Å². The van der Waals surface area contributed by atoms with E-state index in [2.05, 4.69) is 15.1 Å². The van der Waals surface area contributed by atoms with Crippen LogP contribution in [0.2, 0.25) is 0 Å². The van der Waals surface area contributed by atoms with Gasteiger partial charge >= 0.3 is 6.18 Å². The lowest BCUT2D eigenvalue weighted by Crippen LogP contribution is -2.21. The molecule has 0 amide bonds. The first-order chi connectivity index (χ1) is 14.4. The van der Waals surface area contributed by atoms with Crippen LogP contribution in [-0.2, 0) is 6.18 Å². The Kier molecular flexibility index (Phi) is 5.44. The third-order valence-corrected chi connectivity index (χ3v) is 5.24. The minimum absolute atomic E-state index is 0.000110. The Balaban J connectivity index is 1.52. The lowest BCUT2D eigenvalue weighted by Gasteiger charge is -2.17. The third kappa shape index (κ3) is 4.01. The second kappa shape index (κ2) is 8.04. The van der Waals surface area contributed by atoms with E-state index in [1.54, 1.807) is 18.3 Å². The van der Waals surface area contributed by atoms with Crippen LogP contribution in [0.3, 0.4) is 0 Å². The van der Waals surface area contributed by atoms with Crippen molar-refractivity contribution in [2.45, 2.75) is 6.18 Å².